The van der Waals surface area contributed by atoms with Gasteiger partial charge in [0.05, 0.1) is 18.3 Å². The summed E-state index contributed by atoms with van der Waals surface area (Å²) in [6, 6.07) is 3.77. The van der Waals surface area contributed by atoms with Gasteiger partial charge in [-0.15, -0.1) is 0 Å². The van der Waals surface area contributed by atoms with Crippen LogP contribution in [0.4, 0.5) is 0 Å². The van der Waals surface area contributed by atoms with Crippen LogP contribution in [0.25, 0.3) is 0 Å². The quantitative estimate of drug-likeness (QED) is 0.801. The fraction of sp³-hybridized carbons (Fsp3) is 0.722. The van der Waals surface area contributed by atoms with E-state index in [9.17, 15) is 13.2 Å². The fourth-order valence-electron chi connectivity index (χ4n) is 4.00. The van der Waals surface area contributed by atoms with Crippen LogP contribution in [-0.2, 0) is 10.0 Å². The van der Waals surface area contributed by atoms with Crippen LogP contribution < -0.4 is 10.3 Å². The Morgan fingerprint density at radius 2 is 1.72 bits per heavy atom. The Morgan fingerprint density at radius 1 is 1.04 bits per heavy atom. The highest BCUT2D eigenvalue weighted by molar-refractivity contribution is 7.89. The summed E-state index contributed by atoms with van der Waals surface area (Å²) >= 11 is 0. The zero-order chi connectivity index (χ0) is 17.6. The van der Waals surface area contributed by atoms with Crippen LogP contribution >= 0.6 is 0 Å². The molecule has 0 bridgehead atoms. The molecule has 0 N–H and O–H groups in total. The summed E-state index contributed by atoms with van der Waals surface area (Å²) in [4.78, 5) is 12.2. The first-order valence-corrected chi connectivity index (χ1v) is 10.8. The number of nitrogens with zero attached hydrogens (tertiary/aromatic N) is 2. The van der Waals surface area contributed by atoms with Crippen molar-refractivity contribution in [1.29, 1.82) is 0 Å². The smallest absolute Gasteiger partial charge is 0.254 e. The van der Waals surface area contributed by atoms with Crippen molar-refractivity contribution in [3.05, 3.63) is 28.2 Å². The van der Waals surface area contributed by atoms with E-state index in [0.29, 0.717) is 24.9 Å². The Balaban J connectivity index is 1.37. The van der Waals surface area contributed by atoms with Gasteiger partial charge in [0.2, 0.25) is 10.0 Å². The molecule has 4 rings (SSSR count). The second-order valence-electron chi connectivity index (χ2n) is 7.63. The summed E-state index contributed by atoms with van der Waals surface area (Å²) in [6.07, 6.45) is 6.70. The highest BCUT2D eigenvalue weighted by atomic mass is 32.2. The van der Waals surface area contributed by atoms with Crippen LogP contribution in [0.5, 0.6) is 5.75 Å². The summed E-state index contributed by atoms with van der Waals surface area (Å²) in [6.45, 7) is 2.71. The molecule has 0 spiro atoms. The van der Waals surface area contributed by atoms with Crippen LogP contribution in [0, 0.1) is 6.92 Å². The number of hydrogen-bond acceptors (Lipinski definition) is 4. The van der Waals surface area contributed by atoms with Gasteiger partial charge < -0.3 is 9.30 Å². The van der Waals surface area contributed by atoms with E-state index in [1.54, 1.807) is 4.31 Å². The number of hydrogen-bond donors (Lipinski definition) is 0. The van der Waals surface area contributed by atoms with Gasteiger partial charge in [-0.1, -0.05) is 19.3 Å². The number of ether oxygens (including phenoxy) is 1. The molecule has 1 aliphatic heterocycles. The third-order valence-electron chi connectivity index (χ3n) is 5.60. The molecule has 6 nitrogen and oxygen atoms in total. The number of sulfonamides is 1. The molecule has 2 saturated carbocycles. The maximum Gasteiger partial charge on any atom is 0.254 e. The van der Waals surface area contributed by atoms with Gasteiger partial charge in [-0.3, -0.25) is 4.79 Å². The van der Waals surface area contributed by atoms with Crippen LogP contribution in [0.15, 0.2) is 16.9 Å². The lowest BCUT2D eigenvalue weighted by atomic mass is 10.0. The molecule has 2 aliphatic carbocycles. The van der Waals surface area contributed by atoms with Crippen molar-refractivity contribution in [2.45, 2.75) is 69.3 Å². The first-order valence-electron chi connectivity index (χ1n) is 9.34. The number of pyridine rings is 1. The molecule has 25 heavy (non-hydrogen) atoms. The Labute approximate surface area is 148 Å². The van der Waals surface area contributed by atoms with E-state index in [4.69, 9.17) is 4.74 Å². The van der Waals surface area contributed by atoms with E-state index in [0.717, 1.165) is 50.6 Å². The molecule has 0 aromatic carbocycles. The van der Waals surface area contributed by atoms with Gasteiger partial charge in [0.15, 0.2) is 0 Å². The molecular formula is C18H26N2O4S. The summed E-state index contributed by atoms with van der Waals surface area (Å²) in [5.41, 5.74) is 0.888. The summed E-state index contributed by atoms with van der Waals surface area (Å²) in [5.74, 6) is 0.555. The van der Waals surface area contributed by atoms with Gasteiger partial charge >= 0.3 is 0 Å². The lowest BCUT2D eigenvalue weighted by Crippen LogP contribution is -2.58. The van der Waals surface area contributed by atoms with Crippen molar-refractivity contribution < 1.29 is 13.2 Å². The Morgan fingerprint density at radius 3 is 2.32 bits per heavy atom. The average molecular weight is 366 g/mol. The lowest BCUT2D eigenvalue weighted by molar-refractivity contribution is 0.0747. The minimum atomic E-state index is -3.19. The normalized spacial score (nSPS) is 23.4. The predicted octanol–water partition coefficient (Wildman–Crippen LogP) is 2.22. The molecule has 2 heterocycles. The third-order valence-corrected chi connectivity index (χ3v) is 7.93. The Kier molecular flexibility index (Phi) is 4.40. The molecule has 1 aromatic heterocycles. The summed E-state index contributed by atoms with van der Waals surface area (Å²) < 4.78 is 34.5. The fourth-order valence-corrected chi connectivity index (χ4v) is 6.10. The zero-order valence-electron chi connectivity index (χ0n) is 14.7. The molecule has 138 valence electrons. The van der Waals surface area contributed by atoms with E-state index in [2.05, 4.69) is 0 Å². The maximum atomic E-state index is 12.6. The van der Waals surface area contributed by atoms with Crippen LogP contribution in [0.3, 0.4) is 0 Å². The Hall–Kier alpha value is -1.34. The molecule has 1 saturated heterocycles. The monoisotopic (exact) mass is 366 g/mol. The van der Waals surface area contributed by atoms with E-state index in [1.165, 1.54) is 6.07 Å². The molecule has 3 fully saturated rings. The highest BCUT2D eigenvalue weighted by Gasteiger charge is 2.41. The SMILES string of the molecule is Cc1cc(OC2CN(S(=O)(=O)C3CCCCC3)C2)cc(=O)n1C1CC1. The summed E-state index contributed by atoms with van der Waals surface area (Å²) in [5, 5.41) is -0.216. The van der Waals surface area contributed by atoms with Gasteiger partial charge in [-0.05, 0) is 38.7 Å². The maximum absolute atomic E-state index is 12.6. The molecule has 0 atom stereocenters. The van der Waals surface area contributed by atoms with Crippen molar-refractivity contribution >= 4 is 10.0 Å². The van der Waals surface area contributed by atoms with Crippen LogP contribution in [0.1, 0.15) is 56.7 Å². The number of aryl methyl sites for hydroxylation is 1. The van der Waals surface area contributed by atoms with E-state index in [-0.39, 0.29) is 16.9 Å². The highest BCUT2D eigenvalue weighted by Crippen LogP contribution is 2.35. The van der Waals surface area contributed by atoms with E-state index < -0.39 is 10.0 Å². The van der Waals surface area contributed by atoms with Gasteiger partial charge in [-0.25, -0.2) is 8.42 Å². The molecule has 0 radical (unpaired) electrons. The molecule has 1 aromatic rings. The molecule has 3 aliphatic rings. The molecular weight excluding hydrogens is 340 g/mol. The van der Waals surface area contributed by atoms with Crippen molar-refractivity contribution in [3.63, 3.8) is 0 Å². The Bertz CT molecular complexity index is 801. The molecule has 7 heteroatoms. The zero-order valence-corrected chi connectivity index (χ0v) is 15.5. The van der Waals surface area contributed by atoms with Crippen LogP contribution in [0.2, 0.25) is 0 Å². The lowest BCUT2D eigenvalue weighted by Gasteiger charge is -2.40. The minimum absolute atomic E-state index is 0.0245. The van der Waals surface area contributed by atoms with Gasteiger partial charge in [0.25, 0.3) is 5.56 Å². The second kappa shape index (κ2) is 6.43. The van der Waals surface area contributed by atoms with E-state index >= 15 is 0 Å². The predicted molar refractivity (Wildman–Crippen MR) is 95.5 cm³/mol. The standard InChI is InChI=1S/C18H26N2O4S/c1-13-9-15(10-18(21)20(13)14-7-8-14)24-16-11-19(12-16)25(22,23)17-5-3-2-4-6-17/h9-10,14,16-17H,2-8,11-12H2,1H3. The van der Waals surface area contributed by atoms with Crippen molar-refractivity contribution in [3.8, 4) is 5.75 Å². The number of aromatic nitrogens is 1. The second-order valence-corrected chi connectivity index (χ2v) is 9.85. The van der Waals surface area contributed by atoms with Crippen molar-refractivity contribution in [2.24, 2.45) is 0 Å². The van der Waals surface area contributed by atoms with Crippen LogP contribution in [-0.4, -0.2) is 41.7 Å². The average Bonchev–Trinajstić information content (AvgIpc) is 3.35. The number of rotatable bonds is 5. The van der Waals surface area contributed by atoms with Gasteiger partial charge in [-0.2, -0.15) is 4.31 Å². The molecule has 0 amide bonds. The topological polar surface area (TPSA) is 68.6 Å². The first-order chi connectivity index (χ1) is 11.9. The first kappa shape index (κ1) is 17.1. The van der Waals surface area contributed by atoms with Crippen molar-refractivity contribution in [1.82, 2.24) is 8.87 Å². The molecule has 0 unspecified atom stereocenters. The van der Waals surface area contributed by atoms with Gasteiger partial charge in [0, 0.05) is 17.8 Å². The third kappa shape index (κ3) is 3.36. The summed E-state index contributed by atoms with van der Waals surface area (Å²) in [7, 11) is -3.19. The van der Waals surface area contributed by atoms with Crippen molar-refractivity contribution in [2.75, 3.05) is 13.1 Å². The van der Waals surface area contributed by atoms with Gasteiger partial charge in [0.1, 0.15) is 11.9 Å². The largest absolute Gasteiger partial charge is 0.487 e. The van der Waals surface area contributed by atoms with E-state index in [1.807, 2.05) is 17.6 Å². The minimum Gasteiger partial charge on any atom is -0.487 e.